The van der Waals surface area contributed by atoms with Crippen LogP contribution in [0, 0.1) is 0 Å². The minimum atomic E-state index is 1.05. The van der Waals surface area contributed by atoms with Crippen LogP contribution in [-0.2, 0) is 25.7 Å². The lowest BCUT2D eigenvalue weighted by Gasteiger charge is -2.31. The van der Waals surface area contributed by atoms with Crippen LogP contribution in [0.4, 0.5) is 34.1 Å². The summed E-state index contributed by atoms with van der Waals surface area (Å²) in [5, 5.41) is 12.4. The molecule has 0 aliphatic heterocycles. The van der Waals surface area contributed by atoms with E-state index >= 15 is 0 Å². The Bertz CT molecular complexity index is 4180. The van der Waals surface area contributed by atoms with Crippen molar-refractivity contribution in [3.63, 3.8) is 0 Å². The molecule has 0 atom stereocenters. The van der Waals surface area contributed by atoms with E-state index in [9.17, 15) is 0 Å². The Morgan fingerprint density at radius 2 is 0.446 bits per heavy atom. The van der Waals surface area contributed by atoms with E-state index in [0.29, 0.717) is 0 Å². The van der Waals surface area contributed by atoms with Crippen LogP contribution in [0.15, 0.2) is 255 Å². The summed E-state index contributed by atoms with van der Waals surface area (Å²) < 4.78 is 0. The third kappa shape index (κ3) is 7.33. The molecule has 2 nitrogen and oxygen atoms in total. The number of aryl methyl sites for hydroxylation is 4. The molecule has 0 N–H and O–H groups in total. The molecular weight excluding hydrogens is 893 g/mol. The van der Waals surface area contributed by atoms with Gasteiger partial charge >= 0.3 is 0 Å². The maximum absolute atomic E-state index is 2.50. The number of nitrogens with zero attached hydrogens (tertiary/aromatic N) is 2. The lowest BCUT2D eigenvalue weighted by atomic mass is 9.73. The van der Waals surface area contributed by atoms with E-state index in [2.05, 4.69) is 265 Å². The fourth-order valence-corrected chi connectivity index (χ4v) is 12.4. The van der Waals surface area contributed by atoms with Crippen LogP contribution < -0.4 is 9.80 Å². The van der Waals surface area contributed by atoms with E-state index in [1.54, 1.807) is 0 Å². The Labute approximate surface area is 431 Å². The highest BCUT2D eigenvalue weighted by molar-refractivity contribution is 5.98. The fraction of sp³-hybridized carbons (Fsp3) is 0.0556. The number of anilines is 6. The van der Waals surface area contributed by atoms with Gasteiger partial charge in [-0.25, -0.2) is 0 Å². The summed E-state index contributed by atoms with van der Waals surface area (Å²) in [6, 6.07) is 95.0. The van der Waals surface area contributed by atoms with Gasteiger partial charge in [0.2, 0.25) is 0 Å². The number of benzene rings is 13. The predicted octanol–water partition coefficient (Wildman–Crippen LogP) is 19.6. The topological polar surface area (TPSA) is 6.48 Å². The molecule has 0 bridgehead atoms. The molecular formula is C72H50N2. The molecule has 15 rings (SSSR count). The Kier molecular flexibility index (Phi) is 9.88. The van der Waals surface area contributed by atoms with E-state index in [-0.39, 0.29) is 0 Å². The Morgan fingerprint density at radius 1 is 0.189 bits per heavy atom. The molecule has 2 aliphatic carbocycles. The second-order valence-electron chi connectivity index (χ2n) is 20.4. The summed E-state index contributed by atoms with van der Waals surface area (Å²) in [4.78, 5) is 4.80. The number of hydrogen-bond donors (Lipinski definition) is 0. The molecule has 0 radical (unpaired) electrons. The molecule has 74 heavy (non-hydrogen) atoms. The normalized spacial score (nSPS) is 12.6. The zero-order chi connectivity index (χ0) is 48.7. The van der Waals surface area contributed by atoms with Crippen molar-refractivity contribution in [1.29, 1.82) is 0 Å². The molecule has 13 aromatic carbocycles. The van der Waals surface area contributed by atoms with E-state index in [1.165, 1.54) is 109 Å². The van der Waals surface area contributed by atoms with Crippen molar-refractivity contribution < 1.29 is 0 Å². The summed E-state index contributed by atoms with van der Waals surface area (Å²) in [6.45, 7) is 0. The first kappa shape index (κ1) is 42.4. The quantitative estimate of drug-likeness (QED) is 0.150. The van der Waals surface area contributed by atoms with Gasteiger partial charge in [-0.05, 0) is 214 Å². The van der Waals surface area contributed by atoms with Gasteiger partial charge in [0.25, 0.3) is 0 Å². The van der Waals surface area contributed by atoms with Gasteiger partial charge in [0.05, 0.1) is 0 Å². The summed E-state index contributed by atoms with van der Waals surface area (Å²) in [6.07, 6.45) is 4.20. The highest BCUT2D eigenvalue weighted by Gasteiger charge is 2.28. The summed E-state index contributed by atoms with van der Waals surface area (Å²) in [5.74, 6) is 0. The molecule has 0 spiro atoms. The van der Waals surface area contributed by atoms with E-state index < -0.39 is 0 Å². The molecule has 0 aromatic heterocycles. The third-order valence-corrected chi connectivity index (χ3v) is 16.0. The van der Waals surface area contributed by atoms with E-state index in [1.807, 2.05) is 0 Å². The van der Waals surface area contributed by atoms with Gasteiger partial charge in [-0.2, -0.15) is 0 Å². The zero-order valence-electron chi connectivity index (χ0n) is 41.0. The van der Waals surface area contributed by atoms with Crippen molar-refractivity contribution in [3.8, 4) is 33.4 Å². The van der Waals surface area contributed by atoms with Crippen molar-refractivity contribution in [1.82, 2.24) is 0 Å². The fourth-order valence-electron chi connectivity index (χ4n) is 12.4. The van der Waals surface area contributed by atoms with Gasteiger partial charge in [-0.1, -0.05) is 176 Å². The molecule has 0 heterocycles. The van der Waals surface area contributed by atoms with E-state index in [0.717, 1.165) is 59.8 Å². The molecule has 2 heteroatoms. The van der Waals surface area contributed by atoms with Crippen LogP contribution in [0.25, 0.3) is 87.2 Å². The Balaban J connectivity index is 0.740. The first-order valence-corrected chi connectivity index (χ1v) is 26.1. The predicted molar refractivity (Wildman–Crippen MR) is 314 cm³/mol. The molecule has 2 aliphatic rings. The van der Waals surface area contributed by atoms with Crippen molar-refractivity contribution in [2.24, 2.45) is 0 Å². The zero-order valence-corrected chi connectivity index (χ0v) is 41.0. The lowest BCUT2D eigenvalue weighted by molar-refractivity contribution is 0.878. The van der Waals surface area contributed by atoms with Gasteiger partial charge < -0.3 is 9.80 Å². The average molecular weight is 943 g/mol. The molecule has 0 saturated carbocycles. The van der Waals surface area contributed by atoms with Crippen LogP contribution in [-0.4, -0.2) is 0 Å². The summed E-state index contributed by atoms with van der Waals surface area (Å²) in [5.41, 5.74) is 21.0. The second-order valence-corrected chi connectivity index (χ2v) is 20.4. The highest BCUT2D eigenvalue weighted by Crippen LogP contribution is 2.47. The largest absolute Gasteiger partial charge is 0.310 e. The molecule has 13 aromatic rings. The highest BCUT2D eigenvalue weighted by atomic mass is 15.1. The maximum atomic E-state index is 2.50. The van der Waals surface area contributed by atoms with Crippen LogP contribution in [0.3, 0.4) is 0 Å². The van der Waals surface area contributed by atoms with Crippen LogP contribution >= 0.6 is 0 Å². The third-order valence-electron chi connectivity index (χ3n) is 16.0. The van der Waals surface area contributed by atoms with Crippen LogP contribution in [0.1, 0.15) is 22.3 Å². The Morgan fingerprint density at radius 3 is 0.824 bits per heavy atom. The van der Waals surface area contributed by atoms with Crippen LogP contribution in [0.2, 0.25) is 0 Å². The van der Waals surface area contributed by atoms with Crippen LogP contribution in [0.5, 0.6) is 0 Å². The van der Waals surface area contributed by atoms with Gasteiger partial charge in [0.1, 0.15) is 0 Å². The molecule has 0 fully saturated rings. The summed E-state index contributed by atoms with van der Waals surface area (Å²) >= 11 is 0. The smallest absolute Gasteiger partial charge is 0.0468 e. The standard InChI is InChI=1S/C72H50N2/c1-5-13-52-42-66(32-25-47(52)9-1)73(67-33-26-48-10-2-6-14-53(48)43-67)65-30-23-51(24-31-65)63-38-59-19-21-61-40-64(41-62-22-20-60(39-63)71(59)72(61)62)57-17-18-58-46-70(36-29-56(58)37-57)74(68-34-27-49-11-3-7-15-54(49)44-68)69-35-28-50-12-4-8-16-55(50)45-69/h1-18,23-46H,19-22H2. The molecule has 0 saturated heterocycles. The number of hydrogen-bond acceptors (Lipinski definition) is 2. The molecule has 348 valence electrons. The second kappa shape index (κ2) is 17.2. The molecule has 0 unspecified atom stereocenters. The van der Waals surface area contributed by atoms with E-state index in [4.69, 9.17) is 0 Å². The SMILES string of the molecule is c1ccc2cc(N(c3ccc(-c4cc5c6c(c4)CCc4cc(-c7ccc8cc(N(c9ccc%10ccccc%10c9)c9ccc%10ccccc%10c9)ccc8c7)cc(c4-6)CC5)cc3)c3ccc4ccccc4c3)ccc2c1. The maximum Gasteiger partial charge on any atom is 0.0468 e. The van der Waals surface area contributed by atoms with Gasteiger partial charge in [-0.15, -0.1) is 0 Å². The number of fused-ring (bicyclic) bond motifs is 5. The first-order chi connectivity index (χ1) is 36.6. The summed E-state index contributed by atoms with van der Waals surface area (Å²) in [7, 11) is 0. The average Bonchev–Trinajstić information content (AvgIpc) is 3.46. The monoisotopic (exact) mass is 942 g/mol. The van der Waals surface area contributed by atoms with Crippen molar-refractivity contribution in [3.05, 3.63) is 277 Å². The van der Waals surface area contributed by atoms with Crippen molar-refractivity contribution in [2.45, 2.75) is 25.7 Å². The van der Waals surface area contributed by atoms with Gasteiger partial charge in [0.15, 0.2) is 0 Å². The first-order valence-electron chi connectivity index (χ1n) is 26.1. The lowest BCUT2D eigenvalue weighted by Crippen LogP contribution is -2.14. The van der Waals surface area contributed by atoms with Crippen molar-refractivity contribution >= 4 is 88.0 Å². The van der Waals surface area contributed by atoms with Crippen molar-refractivity contribution in [2.75, 3.05) is 9.80 Å². The Hall–Kier alpha value is -9.24. The van der Waals surface area contributed by atoms with Gasteiger partial charge in [0, 0.05) is 34.1 Å². The minimum Gasteiger partial charge on any atom is -0.310 e. The van der Waals surface area contributed by atoms with Gasteiger partial charge in [-0.3, -0.25) is 0 Å². The minimum absolute atomic E-state index is 1.05. The number of rotatable bonds is 8. The molecule has 0 amide bonds.